The Labute approximate surface area is 135 Å². The summed E-state index contributed by atoms with van der Waals surface area (Å²) in [5.41, 5.74) is 1.28. The molecule has 118 valence electrons. The van der Waals surface area contributed by atoms with Gasteiger partial charge in [0.1, 0.15) is 0 Å². The summed E-state index contributed by atoms with van der Waals surface area (Å²) in [5.74, 6) is 2.32. The quantitative estimate of drug-likeness (QED) is 0.715. The lowest BCUT2D eigenvalue weighted by molar-refractivity contribution is 0.638. The molecule has 0 spiro atoms. The first-order valence-electron chi connectivity index (χ1n) is 7.56. The van der Waals surface area contributed by atoms with Crippen LogP contribution in [0.1, 0.15) is 32.4 Å². The van der Waals surface area contributed by atoms with Crippen LogP contribution in [0.25, 0.3) is 4.96 Å². The fraction of sp³-hybridized carbons (Fsp3) is 0.667. The summed E-state index contributed by atoms with van der Waals surface area (Å²) < 4.78 is 2.22. The largest absolute Gasteiger partial charge is 0.355 e. The fourth-order valence-electron chi connectivity index (χ4n) is 2.34. The van der Waals surface area contributed by atoms with E-state index in [4.69, 9.17) is 4.98 Å². The van der Waals surface area contributed by atoms with E-state index in [1.54, 1.807) is 11.3 Å². The Morgan fingerprint density at radius 1 is 1.52 bits per heavy atom. The van der Waals surface area contributed by atoms with E-state index in [0.717, 1.165) is 30.3 Å². The van der Waals surface area contributed by atoms with Crippen molar-refractivity contribution in [2.45, 2.75) is 39.3 Å². The second-order valence-corrected chi connectivity index (χ2v) is 7.21. The Kier molecular flexibility index (Phi) is 6.39. The second-order valence-electron chi connectivity index (χ2n) is 5.36. The van der Waals surface area contributed by atoms with E-state index in [9.17, 15) is 0 Å². The third kappa shape index (κ3) is 3.93. The highest BCUT2D eigenvalue weighted by Crippen LogP contribution is 2.26. The van der Waals surface area contributed by atoms with Gasteiger partial charge in [0.2, 0.25) is 0 Å². The summed E-state index contributed by atoms with van der Waals surface area (Å²) in [5, 5.41) is 5.61. The molecular weight excluding hydrogens is 300 g/mol. The van der Waals surface area contributed by atoms with Crippen molar-refractivity contribution < 1.29 is 0 Å². The second kappa shape index (κ2) is 8.06. The summed E-state index contributed by atoms with van der Waals surface area (Å²) in [6.45, 7) is 6.40. The lowest BCUT2D eigenvalue weighted by atomic mass is 10.2. The van der Waals surface area contributed by atoms with Crippen LogP contribution in [0, 0.1) is 0 Å². The van der Waals surface area contributed by atoms with E-state index in [0.29, 0.717) is 6.04 Å². The van der Waals surface area contributed by atoms with E-state index in [1.165, 1.54) is 17.9 Å². The van der Waals surface area contributed by atoms with Crippen LogP contribution < -0.4 is 10.2 Å². The van der Waals surface area contributed by atoms with Crippen LogP contribution in [0.15, 0.2) is 11.6 Å². The number of nitrogens with one attached hydrogen (secondary N) is 1. The van der Waals surface area contributed by atoms with Gasteiger partial charge in [-0.25, -0.2) is 4.98 Å². The third-order valence-corrected chi connectivity index (χ3v) is 5.19. The first-order valence-corrected chi connectivity index (χ1v) is 9.83. The molecule has 0 amide bonds. The fourth-order valence-corrected chi connectivity index (χ4v) is 3.65. The molecule has 1 N–H and O–H groups in total. The number of aromatic nitrogens is 2. The number of rotatable bonds is 9. The summed E-state index contributed by atoms with van der Waals surface area (Å²) in [7, 11) is 2.17. The topological polar surface area (TPSA) is 32.6 Å². The Balaban J connectivity index is 2.20. The van der Waals surface area contributed by atoms with Crippen LogP contribution in [0.2, 0.25) is 0 Å². The highest BCUT2D eigenvalue weighted by atomic mass is 32.2. The van der Waals surface area contributed by atoms with Gasteiger partial charge >= 0.3 is 0 Å². The molecule has 21 heavy (non-hydrogen) atoms. The van der Waals surface area contributed by atoms with Crippen LogP contribution in [-0.2, 0) is 6.54 Å². The van der Waals surface area contributed by atoms with E-state index in [-0.39, 0.29) is 0 Å². The van der Waals surface area contributed by atoms with Crippen molar-refractivity contribution in [3.05, 3.63) is 17.3 Å². The molecule has 0 saturated heterocycles. The number of nitrogens with zero attached hydrogens (tertiary/aromatic N) is 3. The number of hydrogen-bond donors (Lipinski definition) is 1. The zero-order chi connectivity index (χ0) is 15.2. The molecule has 1 unspecified atom stereocenters. The summed E-state index contributed by atoms with van der Waals surface area (Å²) in [6, 6.07) is 0.506. The van der Waals surface area contributed by atoms with Crippen LogP contribution in [0.5, 0.6) is 0 Å². The average molecular weight is 327 g/mol. The molecule has 2 aromatic rings. The van der Waals surface area contributed by atoms with E-state index in [2.05, 4.69) is 53.3 Å². The molecule has 0 saturated carbocycles. The standard InChI is InChI=1S/C15H26N4S2/c1-5-7-16-11-13-14(17-15-19(13)8-10-21-15)18(3)12(2)6-9-20-4/h8,10,12,16H,5-7,9,11H2,1-4H3. The summed E-state index contributed by atoms with van der Waals surface area (Å²) in [4.78, 5) is 8.26. The Morgan fingerprint density at radius 2 is 2.33 bits per heavy atom. The Bertz CT molecular complexity index is 549. The maximum atomic E-state index is 4.84. The Hall–Kier alpha value is -0.720. The van der Waals surface area contributed by atoms with E-state index >= 15 is 0 Å². The number of fused-ring (bicyclic) bond motifs is 1. The van der Waals surface area contributed by atoms with Crippen molar-refractivity contribution >= 4 is 33.9 Å². The maximum Gasteiger partial charge on any atom is 0.195 e. The predicted octanol–water partition coefficient (Wildman–Crippen LogP) is 3.47. The first kappa shape index (κ1) is 16.6. The molecule has 6 heteroatoms. The SMILES string of the molecule is CCCNCc1c(N(C)C(C)CCSC)nc2sccn12. The molecule has 0 aromatic carbocycles. The van der Waals surface area contributed by atoms with Gasteiger partial charge in [0.25, 0.3) is 0 Å². The van der Waals surface area contributed by atoms with Gasteiger partial charge in [0.05, 0.1) is 5.69 Å². The van der Waals surface area contributed by atoms with E-state index < -0.39 is 0 Å². The van der Waals surface area contributed by atoms with Gasteiger partial charge in [-0.15, -0.1) is 11.3 Å². The number of thiazole rings is 1. The van der Waals surface area contributed by atoms with Crippen molar-refractivity contribution in [2.24, 2.45) is 0 Å². The molecule has 0 aliphatic rings. The number of anilines is 1. The molecule has 0 bridgehead atoms. The highest BCUT2D eigenvalue weighted by Gasteiger charge is 2.19. The molecule has 2 rings (SSSR count). The molecule has 0 aliphatic heterocycles. The molecular formula is C15H26N4S2. The third-order valence-electron chi connectivity index (χ3n) is 3.79. The smallest absolute Gasteiger partial charge is 0.195 e. The molecule has 1 atom stereocenters. The highest BCUT2D eigenvalue weighted by molar-refractivity contribution is 7.98. The van der Waals surface area contributed by atoms with Crippen molar-refractivity contribution in [1.82, 2.24) is 14.7 Å². The monoisotopic (exact) mass is 326 g/mol. The summed E-state index contributed by atoms with van der Waals surface area (Å²) in [6.07, 6.45) is 6.63. The molecule has 2 heterocycles. The van der Waals surface area contributed by atoms with E-state index in [1.807, 2.05) is 11.8 Å². The lowest BCUT2D eigenvalue weighted by Gasteiger charge is -2.26. The minimum atomic E-state index is 0.506. The van der Waals surface area contributed by atoms with Crippen LogP contribution >= 0.6 is 23.1 Å². The van der Waals surface area contributed by atoms with Crippen molar-refractivity contribution in [3.63, 3.8) is 0 Å². The van der Waals surface area contributed by atoms with Crippen LogP contribution in [-0.4, -0.2) is 41.0 Å². The predicted molar refractivity (Wildman–Crippen MR) is 95.9 cm³/mol. The van der Waals surface area contributed by atoms with Gasteiger partial charge < -0.3 is 10.2 Å². The lowest BCUT2D eigenvalue weighted by Crippen LogP contribution is -2.31. The van der Waals surface area contributed by atoms with Gasteiger partial charge in [-0.1, -0.05) is 6.92 Å². The zero-order valence-electron chi connectivity index (χ0n) is 13.4. The van der Waals surface area contributed by atoms with Gasteiger partial charge in [0, 0.05) is 31.2 Å². The summed E-state index contributed by atoms with van der Waals surface area (Å²) >= 11 is 3.61. The molecule has 0 radical (unpaired) electrons. The minimum Gasteiger partial charge on any atom is -0.355 e. The van der Waals surface area contributed by atoms with Crippen molar-refractivity contribution in [1.29, 1.82) is 0 Å². The molecule has 2 aromatic heterocycles. The van der Waals surface area contributed by atoms with Gasteiger partial charge in [-0.3, -0.25) is 4.40 Å². The Morgan fingerprint density at radius 3 is 3.05 bits per heavy atom. The van der Waals surface area contributed by atoms with Crippen molar-refractivity contribution in [3.8, 4) is 0 Å². The average Bonchev–Trinajstić information content (AvgIpc) is 3.06. The van der Waals surface area contributed by atoms with Crippen LogP contribution in [0.4, 0.5) is 5.82 Å². The van der Waals surface area contributed by atoms with Crippen LogP contribution in [0.3, 0.4) is 0 Å². The number of hydrogen-bond acceptors (Lipinski definition) is 5. The van der Waals surface area contributed by atoms with Gasteiger partial charge in [-0.2, -0.15) is 11.8 Å². The number of imidazole rings is 1. The van der Waals surface area contributed by atoms with Gasteiger partial charge in [0.15, 0.2) is 10.8 Å². The minimum absolute atomic E-state index is 0.506. The van der Waals surface area contributed by atoms with Crippen molar-refractivity contribution in [2.75, 3.05) is 30.5 Å². The zero-order valence-corrected chi connectivity index (χ0v) is 15.1. The first-order chi connectivity index (χ1) is 10.2. The normalized spacial score (nSPS) is 13.0. The number of thioether (sulfide) groups is 1. The molecule has 0 fully saturated rings. The van der Waals surface area contributed by atoms with Gasteiger partial charge in [-0.05, 0) is 38.3 Å². The molecule has 4 nitrogen and oxygen atoms in total. The molecule has 0 aliphatic carbocycles. The maximum absolute atomic E-state index is 4.84.